The Bertz CT molecular complexity index is 138. The zero-order valence-corrected chi connectivity index (χ0v) is 6.55. The van der Waals surface area contributed by atoms with Gasteiger partial charge in [-0.2, -0.15) is 0 Å². The van der Waals surface area contributed by atoms with Gasteiger partial charge in [0.15, 0.2) is 0 Å². The van der Waals surface area contributed by atoms with E-state index in [1.165, 1.54) is 0 Å². The number of hydrogen-bond acceptors (Lipinski definition) is 2. The topological polar surface area (TPSA) is 32.3 Å². The summed E-state index contributed by atoms with van der Waals surface area (Å²) in [5, 5.41) is 2.79. The van der Waals surface area contributed by atoms with Crippen LogP contribution >= 0.6 is 0 Å². The Balaban J connectivity index is 0.000001000. The lowest BCUT2D eigenvalue weighted by molar-refractivity contribution is -0.124. The average Bonchev–Trinajstić information content (AvgIpc) is 1.88. The van der Waals surface area contributed by atoms with E-state index in [0.29, 0.717) is 12.6 Å². The Morgan fingerprint density at radius 3 is 2.80 bits per heavy atom. The number of nitrogens with zero attached hydrogens (tertiary/aromatic N) is 1. The van der Waals surface area contributed by atoms with E-state index < -0.39 is 0 Å². The van der Waals surface area contributed by atoms with E-state index in [2.05, 4.69) is 24.1 Å². The molecule has 60 valence electrons. The molecule has 0 aromatic heterocycles. The van der Waals surface area contributed by atoms with E-state index in [-0.39, 0.29) is 7.33 Å². The molecule has 0 spiro atoms. The van der Waals surface area contributed by atoms with Crippen LogP contribution in [0.15, 0.2) is 0 Å². The van der Waals surface area contributed by atoms with Gasteiger partial charge in [0.1, 0.15) is 0 Å². The van der Waals surface area contributed by atoms with Crippen LogP contribution in [0.3, 0.4) is 0 Å². The molecule has 0 aliphatic carbocycles. The number of carbonyl (C=O) groups excluding carboxylic acids is 1. The first kappa shape index (κ1) is 7.54. The molecule has 0 radical (unpaired) electrons. The Labute approximate surface area is 62.9 Å². The predicted octanol–water partition coefficient (Wildman–Crippen LogP) is 0.0726. The molecule has 0 atom stereocenters. The van der Waals surface area contributed by atoms with Crippen molar-refractivity contribution in [2.24, 2.45) is 0 Å². The van der Waals surface area contributed by atoms with Gasteiger partial charge in [-0.05, 0) is 13.8 Å². The zero-order chi connectivity index (χ0) is 7.56. The molecule has 1 aliphatic heterocycles. The third kappa shape index (κ3) is 1.70. The van der Waals surface area contributed by atoms with E-state index in [1.54, 1.807) is 0 Å². The molecular formula is C7H16N2O. The first-order valence-corrected chi connectivity index (χ1v) is 3.71. The SMILES string of the molecule is CC(C)N1CCNC(=O)C1.[HH]. The van der Waals surface area contributed by atoms with Crippen LogP contribution in [0.2, 0.25) is 0 Å². The van der Waals surface area contributed by atoms with Crippen LogP contribution in [0.4, 0.5) is 0 Å². The molecule has 10 heavy (non-hydrogen) atoms. The van der Waals surface area contributed by atoms with Gasteiger partial charge in [-0.3, -0.25) is 9.69 Å². The number of rotatable bonds is 1. The van der Waals surface area contributed by atoms with Crippen LogP contribution < -0.4 is 5.32 Å². The highest BCUT2D eigenvalue weighted by Gasteiger charge is 2.17. The van der Waals surface area contributed by atoms with Gasteiger partial charge in [0.2, 0.25) is 5.91 Å². The molecule has 1 N–H and O–H groups in total. The van der Waals surface area contributed by atoms with Crippen LogP contribution in [0, 0.1) is 0 Å². The van der Waals surface area contributed by atoms with Crippen molar-refractivity contribution in [2.45, 2.75) is 19.9 Å². The van der Waals surface area contributed by atoms with Crippen LogP contribution in [0.25, 0.3) is 0 Å². The summed E-state index contributed by atoms with van der Waals surface area (Å²) in [6, 6.07) is 0.492. The van der Waals surface area contributed by atoms with Crippen LogP contribution in [-0.4, -0.2) is 36.5 Å². The first-order chi connectivity index (χ1) is 4.70. The lowest BCUT2D eigenvalue weighted by atomic mass is 10.2. The molecule has 3 heteroatoms. The van der Waals surface area contributed by atoms with Gasteiger partial charge < -0.3 is 5.32 Å². The fraction of sp³-hybridized carbons (Fsp3) is 0.857. The van der Waals surface area contributed by atoms with Crippen molar-refractivity contribution >= 4 is 5.91 Å². The standard InChI is InChI=1S/C7H14N2O.H2/c1-6(2)9-4-3-8-7(10)5-9;/h6H,3-5H2,1-2H3,(H,8,10);1H. The summed E-state index contributed by atoms with van der Waals surface area (Å²) in [7, 11) is 0. The number of piperazine rings is 1. The highest BCUT2D eigenvalue weighted by atomic mass is 16.2. The Morgan fingerprint density at radius 1 is 1.70 bits per heavy atom. The molecule has 1 aliphatic rings. The monoisotopic (exact) mass is 144 g/mol. The molecule has 0 aromatic rings. The third-order valence-corrected chi connectivity index (χ3v) is 1.80. The summed E-state index contributed by atoms with van der Waals surface area (Å²) < 4.78 is 0. The van der Waals surface area contributed by atoms with Gasteiger partial charge in [-0.15, -0.1) is 0 Å². The van der Waals surface area contributed by atoms with E-state index in [9.17, 15) is 4.79 Å². The molecule has 1 saturated heterocycles. The summed E-state index contributed by atoms with van der Waals surface area (Å²) in [5.41, 5.74) is 0. The lowest BCUT2D eigenvalue weighted by Crippen LogP contribution is -2.50. The van der Waals surface area contributed by atoms with Gasteiger partial charge in [0, 0.05) is 20.6 Å². The smallest absolute Gasteiger partial charge is 0.234 e. The minimum Gasteiger partial charge on any atom is -0.354 e. The van der Waals surface area contributed by atoms with Gasteiger partial charge in [0.25, 0.3) is 0 Å². The van der Waals surface area contributed by atoms with Crippen molar-refractivity contribution in [2.75, 3.05) is 19.6 Å². The Kier molecular flexibility index (Phi) is 2.27. The molecule has 0 aromatic carbocycles. The molecular weight excluding hydrogens is 128 g/mol. The summed E-state index contributed by atoms with van der Waals surface area (Å²) in [5.74, 6) is 0.153. The van der Waals surface area contributed by atoms with Crippen molar-refractivity contribution in [3.05, 3.63) is 0 Å². The van der Waals surface area contributed by atoms with E-state index in [4.69, 9.17) is 0 Å². The highest BCUT2D eigenvalue weighted by Crippen LogP contribution is 1.98. The summed E-state index contributed by atoms with van der Waals surface area (Å²) in [6.45, 7) is 6.58. The first-order valence-electron chi connectivity index (χ1n) is 3.71. The summed E-state index contributed by atoms with van der Waals surface area (Å²) >= 11 is 0. The highest BCUT2D eigenvalue weighted by molar-refractivity contribution is 5.78. The maximum Gasteiger partial charge on any atom is 0.234 e. The fourth-order valence-electron chi connectivity index (χ4n) is 1.10. The fourth-order valence-corrected chi connectivity index (χ4v) is 1.10. The van der Waals surface area contributed by atoms with E-state index in [1.807, 2.05) is 0 Å². The third-order valence-electron chi connectivity index (χ3n) is 1.80. The second-order valence-corrected chi connectivity index (χ2v) is 2.91. The van der Waals surface area contributed by atoms with Crippen LogP contribution in [0.5, 0.6) is 0 Å². The quantitative estimate of drug-likeness (QED) is 0.565. The van der Waals surface area contributed by atoms with Crippen molar-refractivity contribution in [3.8, 4) is 0 Å². The Morgan fingerprint density at radius 2 is 2.40 bits per heavy atom. The number of amides is 1. The maximum absolute atomic E-state index is 10.8. The van der Waals surface area contributed by atoms with Gasteiger partial charge in [-0.1, -0.05) is 0 Å². The minimum absolute atomic E-state index is 0. The molecule has 0 saturated carbocycles. The number of carbonyl (C=O) groups is 1. The van der Waals surface area contributed by atoms with Crippen molar-refractivity contribution in [1.29, 1.82) is 0 Å². The van der Waals surface area contributed by atoms with Crippen LogP contribution in [-0.2, 0) is 4.79 Å². The molecule has 0 bridgehead atoms. The molecule has 1 fully saturated rings. The van der Waals surface area contributed by atoms with Crippen molar-refractivity contribution in [1.82, 2.24) is 10.2 Å². The minimum atomic E-state index is 0. The lowest BCUT2D eigenvalue weighted by Gasteiger charge is -2.29. The summed E-state index contributed by atoms with van der Waals surface area (Å²) in [4.78, 5) is 13.0. The van der Waals surface area contributed by atoms with Gasteiger partial charge in [-0.25, -0.2) is 0 Å². The molecule has 1 amide bonds. The number of hydrogen-bond donors (Lipinski definition) is 1. The van der Waals surface area contributed by atoms with Gasteiger partial charge >= 0.3 is 0 Å². The van der Waals surface area contributed by atoms with Gasteiger partial charge in [0.05, 0.1) is 6.54 Å². The molecule has 1 rings (SSSR count). The average molecular weight is 144 g/mol. The molecule has 0 unspecified atom stereocenters. The predicted molar refractivity (Wildman–Crippen MR) is 41.8 cm³/mol. The second kappa shape index (κ2) is 3.01. The van der Waals surface area contributed by atoms with Crippen LogP contribution in [0.1, 0.15) is 15.3 Å². The molecule has 3 nitrogen and oxygen atoms in total. The maximum atomic E-state index is 10.8. The summed E-state index contributed by atoms with van der Waals surface area (Å²) in [6.07, 6.45) is 0. The Hall–Kier alpha value is -0.570. The van der Waals surface area contributed by atoms with Crippen molar-refractivity contribution in [3.63, 3.8) is 0 Å². The zero-order valence-electron chi connectivity index (χ0n) is 6.55. The second-order valence-electron chi connectivity index (χ2n) is 2.91. The number of nitrogens with one attached hydrogen (secondary N) is 1. The van der Waals surface area contributed by atoms with E-state index >= 15 is 0 Å². The largest absolute Gasteiger partial charge is 0.354 e. The normalized spacial score (nSPS) is 21.3. The molecule has 1 heterocycles. The van der Waals surface area contributed by atoms with Crippen molar-refractivity contribution < 1.29 is 6.22 Å². The van der Waals surface area contributed by atoms with E-state index in [0.717, 1.165) is 13.1 Å².